The van der Waals surface area contributed by atoms with Crippen LogP contribution in [0.2, 0.25) is 0 Å². The SMILES string of the molecule is Cc1cc(F)c(N(C)N(C)C(=S)NC2CC2)cc1SCC(F)(F)F. The minimum absolute atomic E-state index is 0.174. The first-order valence-electron chi connectivity index (χ1n) is 7.36. The van der Waals surface area contributed by atoms with Gasteiger partial charge in [-0.1, -0.05) is 0 Å². The summed E-state index contributed by atoms with van der Waals surface area (Å²) in [7, 11) is 3.30. The minimum atomic E-state index is -4.27. The summed E-state index contributed by atoms with van der Waals surface area (Å²) in [6, 6.07) is 3.03. The molecule has 2 rings (SSSR count). The normalized spacial score (nSPS) is 14.5. The Morgan fingerprint density at radius 2 is 1.96 bits per heavy atom. The molecule has 1 aromatic rings. The number of halogens is 4. The second-order valence-electron chi connectivity index (χ2n) is 5.74. The van der Waals surface area contributed by atoms with E-state index < -0.39 is 17.7 Å². The first-order valence-corrected chi connectivity index (χ1v) is 8.75. The summed E-state index contributed by atoms with van der Waals surface area (Å²) >= 11 is 5.92. The highest BCUT2D eigenvalue weighted by Crippen LogP contribution is 2.33. The van der Waals surface area contributed by atoms with Crippen molar-refractivity contribution in [3.05, 3.63) is 23.5 Å². The van der Waals surface area contributed by atoms with Gasteiger partial charge in [0.2, 0.25) is 0 Å². The number of nitrogens with zero attached hydrogens (tertiary/aromatic N) is 2. The van der Waals surface area contributed by atoms with Crippen LogP contribution in [0, 0.1) is 12.7 Å². The highest BCUT2D eigenvalue weighted by atomic mass is 32.2. The van der Waals surface area contributed by atoms with E-state index in [2.05, 4.69) is 5.32 Å². The van der Waals surface area contributed by atoms with Crippen LogP contribution in [0.4, 0.5) is 23.2 Å². The van der Waals surface area contributed by atoms with Crippen molar-refractivity contribution in [2.75, 3.05) is 24.9 Å². The lowest BCUT2D eigenvalue weighted by Gasteiger charge is -2.33. The number of aryl methyl sites for hydroxylation is 1. The van der Waals surface area contributed by atoms with Crippen LogP contribution in [0.3, 0.4) is 0 Å². The van der Waals surface area contributed by atoms with E-state index in [1.54, 1.807) is 26.0 Å². The second-order valence-corrected chi connectivity index (χ2v) is 7.15. The zero-order chi connectivity index (χ0) is 18.1. The molecule has 9 heteroatoms. The molecule has 0 aromatic heterocycles. The van der Waals surface area contributed by atoms with Gasteiger partial charge in [0.05, 0.1) is 11.4 Å². The Morgan fingerprint density at radius 1 is 1.33 bits per heavy atom. The number of anilines is 1. The molecule has 1 aliphatic carbocycles. The molecule has 1 aromatic carbocycles. The molecule has 1 fully saturated rings. The fourth-order valence-electron chi connectivity index (χ4n) is 2.00. The molecule has 0 aliphatic heterocycles. The van der Waals surface area contributed by atoms with Crippen molar-refractivity contribution in [2.45, 2.75) is 36.9 Å². The van der Waals surface area contributed by atoms with Gasteiger partial charge in [-0.3, -0.25) is 10.0 Å². The molecule has 0 atom stereocenters. The number of rotatable bonds is 5. The third-order valence-corrected chi connectivity index (χ3v) is 5.24. The van der Waals surface area contributed by atoms with E-state index in [-0.39, 0.29) is 5.69 Å². The summed E-state index contributed by atoms with van der Waals surface area (Å²) in [5.41, 5.74) is 0.646. The van der Waals surface area contributed by atoms with Gasteiger partial charge in [0.25, 0.3) is 0 Å². The summed E-state index contributed by atoms with van der Waals surface area (Å²) in [6.45, 7) is 1.59. The van der Waals surface area contributed by atoms with Crippen molar-refractivity contribution in [2.24, 2.45) is 0 Å². The lowest BCUT2D eigenvalue weighted by Crippen LogP contribution is -2.47. The average molecular weight is 381 g/mol. The summed E-state index contributed by atoms with van der Waals surface area (Å²) in [5, 5.41) is 6.64. The zero-order valence-corrected chi connectivity index (χ0v) is 15.2. The largest absolute Gasteiger partial charge is 0.398 e. The molecule has 0 amide bonds. The highest BCUT2D eigenvalue weighted by molar-refractivity contribution is 7.99. The van der Waals surface area contributed by atoms with E-state index in [1.165, 1.54) is 17.1 Å². The molecule has 0 spiro atoms. The van der Waals surface area contributed by atoms with Crippen molar-refractivity contribution in [3.8, 4) is 0 Å². The summed E-state index contributed by atoms with van der Waals surface area (Å²) in [4.78, 5) is 0.394. The van der Waals surface area contributed by atoms with Crippen LogP contribution in [0.25, 0.3) is 0 Å². The van der Waals surface area contributed by atoms with Crippen molar-refractivity contribution in [3.63, 3.8) is 0 Å². The molecule has 3 nitrogen and oxygen atoms in total. The Bertz CT molecular complexity index is 617. The Balaban J connectivity index is 2.16. The van der Waals surface area contributed by atoms with Crippen LogP contribution >= 0.6 is 24.0 Å². The van der Waals surface area contributed by atoms with Gasteiger partial charge in [0.15, 0.2) is 5.11 Å². The number of hydrogen-bond donors (Lipinski definition) is 1. The second kappa shape index (κ2) is 7.35. The van der Waals surface area contributed by atoms with Gasteiger partial charge in [0, 0.05) is 25.0 Å². The Morgan fingerprint density at radius 3 is 2.50 bits per heavy atom. The predicted octanol–water partition coefficient (Wildman–Crippen LogP) is 4.11. The first kappa shape index (κ1) is 19.1. The van der Waals surface area contributed by atoms with E-state index in [4.69, 9.17) is 12.2 Å². The topological polar surface area (TPSA) is 18.5 Å². The molecular formula is C15H19F4N3S2. The standard InChI is InChI=1S/C15H19F4N3S2/c1-9-6-11(16)12(7-13(9)24-8-15(17,18)19)21(2)22(3)14(23)20-10-4-5-10/h6-7,10H,4-5,8H2,1-3H3,(H,20,23). The van der Waals surface area contributed by atoms with E-state index >= 15 is 0 Å². The molecule has 134 valence electrons. The van der Waals surface area contributed by atoms with E-state index in [0.717, 1.165) is 12.8 Å². The summed E-state index contributed by atoms with van der Waals surface area (Å²) in [5.74, 6) is -1.52. The number of thioether (sulfide) groups is 1. The molecule has 0 saturated heterocycles. The molecule has 0 heterocycles. The van der Waals surface area contributed by atoms with Crippen LogP contribution in [-0.4, -0.2) is 42.2 Å². The number of hydrogen-bond acceptors (Lipinski definition) is 3. The Kier molecular flexibility index (Phi) is 5.85. The van der Waals surface area contributed by atoms with Gasteiger partial charge in [-0.2, -0.15) is 13.2 Å². The van der Waals surface area contributed by atoms with Crippen molar-refractivity contribution >= 4 is 34.8 Å². The van der Waals surface area contributed by atoms with Crippen LogP contribution < -0.4 is 10.3 Å². The molecule has 24 heavy (non-hydrogen) atoms. The molecule has 0 unspecified atom stereocenters. The van der Waals surface area contributed by atoms with Gasteiger partial charge in [0.1, 0.15) is 5.82 Å². The number of nitrogens with one attached hydrogen (secondary N) is 1. The number of benzene rings is 1. The van der Waals surface area contributed by atoms with Crippen LogP contribution in [0.5, 0.6) is 0 Å². The van der Waals surface area contributed by atoms with Crippen molar-refractivity contribution < 1.29 is 17.6 Å². The Hall–Kier alpha value is -1.22. The van der Waals surface area contributed by atoms with Crippen molar-refractivity contribution in [1.82, 2.24) is 10.3 Å². The van der Waals surface area contributed by atoms with E-state index in [9.17, 15) is 17.6 Å². The Labute approximate surface area is 148 Å². The molecule has 1 aliphatic rings. The first-order chi connectivity index (χ1) is 11.1. The van der Waals surface area contributed by atoms with Gasteiger partial charge in [-0.25, -0.2) is 4.39 Å². The third kappa shape index (κ3) is 5.14. The van der Waals surface area contributed by atoms with Crippen LogP contribution in [0.15, 0.2) is 17.0 Å². The van der Waals surface area contributed by atoms with E-state index in [0.29, 0.717) is 33.4 Å². The summed E-state index contributed by atoms with van der Waals surface area (Å²) in [6.07, 6.45) is -2.17. The molecular weight excluding hydrogens is 362 g/mol. The van der Waals surface area contributed by atoms with Gasteiger partial charge < -0.3 is 5.32 Å². The highest BCUT2D eigenvalue weighted by Gasteiger charge is 2.28. The maximum absolute atomic E-state index is 14.3. The fraction of sp³-hybridized carbons (Fsp3) is 0.533. The average Bonchev–Trinajstić information content (AvgIpc) is 3.27. The molecule has 1 N–H and O–H groups in total. The molecule has 0 radical (unpaired) electrons. The number of hydrazine groups is 1. The quantitative estimate of drug-likeness (QED) is 0.357. The minimum Gasteiger partial charge on any atom is -0.358 e. The van der Waals surface area contributed by atoms with Gasteiger partial charge in [-0.05, 0) is 49.7 Å². The predicted molar refractivity (Wildman–Crippen MR) is 92.8 cm³/mol. The number of thiocarbonyl (C=S) groups is 1. The summed E-state index contributed by atoms with van der Waals surface area (Å²) < 4.78 is 51.6. The lowest BCUT2D eigenvalue weighted by molar-refractivity contribution is -0.105. The smallest absolute Gasteiger partial charge is 0.358 e. The maximum Gasteiger partial charge on any atom is 0.398 e. The number of alkyl halides is 3. The van der Waals surface area contributed by atoms with Crippen LogP contribution in [0.1, 0.15) is 18.4 Å². The molecule has 1 saturated carbocycles. The van der Waals surface area contributed by atoms with Crippen LogP contribution in [-0.2, 0) is 0 Å². The van der Waals surface area contributed by atoms with Crippen molar-refractivity contribution in [1.29, 1.82) is 0 Å². The zero-order valence-electron chi connectivity index (χ0n) is 13.6. The third-order valence-electron chi connectivity index (χ3n) is 3.63. The maximum atomic E-state index is 14.3. The van der Waals surface area contributed by atoms with Gasteiger partial charge >= 0.3 is 6.18 Å². The molecule has 0 bridgehead atoms. The van der Waals surface area contributed by atoms with E-state index in [1.807, 2.05) is 0 Å². The van der Waals surface area contributed by atoms with Gasteiger partial charge in [-0.15, -0.1) is 11.8 Å². The fourth-order valence-corrected chi connectivity index (χ4v) is 3.09. The lowest BCUT2D eigenvalue weighted by atomic mass is 10.2. The monoisotopic (exact) mass is 381 g/mol.